The number of hydrogen-bond acceptors (Lipinski definition) is 8. The van der Waals surface area contributed by atoms with E-state index >= 15 is 0 Å². The fourth-order valence-electron chi connectivity index (χ4n) is 2.83. The third kappa shape index (κ3) is 4.17. The Labute approximate surface area is 172 Å². The maximum Gasteiger partial charge on any atom is 0.254 e. The third-order valence-electron chi connectivity index (χ3n) is 4.62. The monoisotopic (exact) mass is 403 g/mol. The normalized spacial score (nSPS) is 10.7. The van der Waals surface area contributed by atoms with Gasteiger partial charge in [-0.1, -0.05) is 23.3 Å². The van der Waals surface area contributed by atoms with Crippen molar-refractivity contribution in [2.45, 2.75) is 13.8 Å². The predicted octanol–water partition coefficient (Wildman–Crippen LogP) is 1.95. The zero-order valence-electron chi connectivity index (χ0n) is 16.6. The minimum atomic E-state index is -0.136. The van der Waals surface area contributed by atoms with Gasteiger partial charge < -0.3 is 15.6 Å². The van der Waals surface area contributed by atoms with Gasteiger partial charge in [0.05, 0.1) is 5.69 Å². The van der Waals surface area contributed by atoms with E-state index in [2.05, 4.69) is 41.1 Å². The van der Waals surface area contributed by atoms with E-state index in [1.807, 2.05) is 49.4 Å². The highest BCUT2D eigenvalue weighted by atomic mass is 16.1. The van der Waals surface area contributed by atoms with Gasteiger partial charge in [0.25, 0.3) is 5.56 Å². The molecule has 0 aliphatic rings. The maximum absolute atomic E-state index is 11.9. The Morgan fingerprint density at radius 3 is 2.57 bits per heavy atom. The molecule has 4 aromatic rings. The maximum atomic E-state index is 11.9. The molecule has 0 saturated heterocycles. The Bertz CT molecular complexity index is 1180. The van der Waals surface area contributed by atoms with Gasteiger partial charge in [0.15, 0.2) is 0 Å². The van der Waals surface area contributed by atoms with Crippen molar-refractivity contribution >= 4 is 11.8 Å². The summed E-state index contributed by atoms with van der Waals surface area (Å²) in [7, 11) is 0. The number of pyridine rings is 1. The number of tetrazole rings is 1. The number of nitrogens with one attached hydrogen (secondary N) is 3. The minimum Gasteiger partial charge on any atom is -0.368 e. The average Bonchev–Trinajstić information content (AvgIpc) is 3.24. The van der Waals surface area contributed by atoms with E-state index in [0.717, 1.165) is 17.1 Å². The highest BCUT2D eigenvalue weighted by Crippen LogP contribution is 2.15. The molecule has 152 valence electrons. The molecule has 0 bridgehead atoms. The summed E-state index contributed by atoms with van der Waals surface area (Å²) in [6.07, 6.45) is 1.68. The second-order valence-electron chi connectivity index (χ2n) is 6.66. The average molecular weight is 403 g/mol. The Hall–Kier alpha value is -4.08. The minimum absolute atomic E-state index is 0.136. The summed E-state index contributed by atoms with van der Waals surface area (Å²) in [5.41, 5.74) is 2.83. The van der Waals surface area contributed by atoms with Gasteiger partial charge in [0.1, 0.15) is 11.6 Å². The number of hydrogen-bond donors (Lipinski definition) is 3. The molecular weight excluding hydrogens is 382 g/mol. The van der Waals surface area contributed by atoms with E-state index in [1.165, 1.54) is 0 Å². The molecule has 30 heavy (non-hydrogen) atoms. The van der Waals surface area contributed by atoms with E-state index in [4.69, 9.17) is 0 Å². The van der Waals surface area contributed by atoms with E-state index in [0.29, 0.717) is 36.1 Å². The topological polar surface area (TPSA) is 126 Å². The number of aromatic nitrogens is 7. The van der Waals surface area contributed by atoms with Crippen LogP contribution in [0.5, 0.6) is 0 Å². The van der Waals surface area contributed by atoms with Gasteiger partial charge in [-0.2, -0.15) is 4.68 Å². The van der Waals surface area contributed by atoms with Crippen molar-refractivity contribution in [1.82, 2.24) is 35.2 Å². The van der Waals surface area contributed by atoms with Crippen LogP contribution in [0.4, 0.5) is 11.8 Å². The first-order chi connectivity index (χ1) is 14.6. The van der Waals surface area contributed by atoms with Crippen LogP contribution in [-0.4, -0.2) is 48.2 Å². The number of nitrogens with zero attached hydrogens (tertiary/aromatic N) is 6. The van der Waals surface area contributed by atoms with Crippen molar-refractivity contribution in [1.29, 1.82) is 0 Å². The van der Waals surface area contributed by atoms with Gasteiger partial charge in [0.2, 0.25) is 5.95 Å². The van der Waals surface area contributed by atoms with Crippen LogP contribution in [0.15, 0.2) is 53.5 Å². The first-order valence-corrected chi connectivity index (χ1v) is 9.47. The van der Waals surface area contributed by atoms with Crippen molar-refractivity contribution in [3.63, 3.8) is 0 Å². The summed E-state index contributed by atoms with van der Waals surface area (Å²) in [5, 5.41) is 18.2. The zero-order chi connectivity index (χ0) is 20.9. The lowest BCUT2D eigenvalue weighted by Crippen LogP contribution is -2.17. The van der Waals surface area contributed by atoms with Gasteiger partial charge in [0, 0.05) is 36.1 Å². The van der Waals surface area contributed by atoms with Crippen LogP contribution in [0.1, 0.15) is 11.3 Å². The Balaban J connectivity index is 1.34. The van der Waals surface area contributed by atoms with Crippen molar-refractivity contribution in [2.24, 2.45) is 0 Å². The molecule has 10 nitrogen and oxygen atoms in total. The van der Waals surface area contributed by atoms with E-state index in [9.17, 15) is 4.79 Å². The second-order valence-corrected chi connectivity index (χ2v) is 6.66. The largest absolute Gasteiger partial charge is 0.368 e. The molecule has 0 fully saturated rings. The van der Waals surface area contributed by atoms with Gasteiger partial charge in [-0.05, 0) is 48.5 Å². The van der Waals surface area contributed by atoms with Crippen LogP contribution in [0, 0.1) is 13.8 Å². The number of aromatic amines is 1. The highest BCUT2D eigenvalue weighted by molar-refractivity contribution is 5.56. The summed E-state index contributed by atoms with van der Waals surface area (Å²) in [6, 6.07) is 13.4. The molecule has 0 saturated carbocycles. The van der Waals surface area contributed by atoms with Crippen LogP contribution >= 0.6 is 0 Å². The summed E-state index contributed by atoms with van der Waals surface area (Å²) in [6.45, 7) is 4.79. The van der Waals surface area contributed by atoms with Crippen LogP contribution < -0.4 is 16.2 Å². The van der Waals surface area contributed by atoms with Crippen LogP contribution in [0.25, 0.3) is 17.1 Å². The molecule has 3 heterocycles. The lowest BCUT2D eigenvalue weighted by molar-refractivity contribution is 0.789. The molecule has 4 rings (SSSR count). The SMILES string of the molecule is Cc1nc(-c2ccc(NCCNc3nnnn3-c3ccccc3)nc2)[nH]c(=O)c1C. The third-order valence-corrected chi connectivity index (χ3v) is 4.62. The smallest absolute Gasteiger partial charge is 0.254 e. The van der Waals surface area contributed by atoms with Gasteiger partial charge in [-0.25, -0.2) is 9.97 Å². The molecule has 0 radical (unpaired) electrons. The molecule has 3 N–H and O–H groups in total. The van der Waals surface area contributed by atoms with E-state index in [-0.39, 0.29) is 5.56 Å². The lowest BCUT2D eigenvalue weighted by Gasteiger charge is -2.09. The Kier molecular flexibility index (Phi) is 5.46. The van der Waals surface area contributed by atoms with Crippen molar-refractivity contribution in [3.05, 3.63) is 70.3 Å². The molecule has 1 aromatic carbocycles. The summed E-state index contributed by atoms with van der Waals surface area (Å²) in [5.74, 6) is 1.79. The van der Waals surface area contributed by atoms with Gasteiger partial charge in [-0.15, -0.1) is 0 Å². The Morgan fingerprint density at radius 2 is 1.83 bits per heavy atom. The molecule has 3 aromatic heterocycles. The molecule has 0 aliphatic heterocycles. The highest BCUT2D eigenvalue weighted by Gasteiger charge is 2.08. The van der Waals surface area contributed by atoms with Crippen molar-refractivity contribution < 1.29 is 0 Å². The van der Waals surface area contributed by atoms with Crippen LogP contribution in [0.2, 0.25) is 0 Å². The van der Waals surface area contributed by atoms with Gasteiger partial charge >= 0.3 is 0 Å². The van der Waals surface area contributed by atoms with Crippen LogP contribution in [0.3, 0.4) is 0 Å². The number of para-hydroxylation sites is 1. The standard InChI is InChI=1S/C20H21N9O/c1-13-14(2)24-18(25-19(13)30)15-8-9-17(23-12-15)21-10-11-22-20-26-27-28-29(20)16-6-4-3-5-7-16/h3-9,12H,10-11H2,1-2H3,(H,21,23)(H,22,26,28)(H,24,25,30). The number of anilines is 2. The predicted molar refractivity (Wildman–Crippen MR) is 114 cm³/mol. The summed E-state index contributed by atoms with van der Waals surface area (Å²) in [4.78, 5) is 23.5. The first-order valence-electron chi connectivity index (χ1n) is 9.47. The fraction of sp³-hybridized carbons (Fsp3) is 0.200. The molecule has 0 amide bonds. The second kappa shape index (κ2) is 8.52. The number of rotatable bonds is 7. The Morgan fingerprint density at radius 1 is 1.03 bits per heavy atom. The molecule has 10 heteroatoms. The fourth-order valence-corrected chi connectivity index (χ4v) is 2.83. The van der Waals surface area contributed by atoms with Crippen molar-refractivity contribution in [2.75, 3.05) is 23.7 Å². The number of H-pyrrole nitrogens is 1. The summed E-state index contributed by atoms with van der Waals surface area (Å²) >= 11 is 0. The lowest BCUT2D eigenvalue weighted by atomic mass is 10.2. The first kappa shape index (κ1) is 19.2. The van der Waals surface area contributed by atoms with Gasteiger partial charge in [-0.3, -0.25) is 4.79 Å². The molecular formula is C20H21N9O. The number of aryl methyl sites for hydroxylation is 1. The number of benzene rings is 1. The molecule has 0 spiro atoms. The molecule has 0 aliphatic carbocycles. The van der Waals surface area contributed by atoms with E-state index < -0.39 is 0 Å². The van der Waals surface area contributed by atoms with E-state index in [1.54, 1.807) is 17.8 Å². The zero-order valence-corrected chi connectivity index (χ0v) is 16.6. The summed E-state index contributed by atoms with van der Waals surface area (Å²) < 4.78 is 1.64. The van der Waals surface area contributed by atoms with Crippen molar-refractivity contribution in [3.8, 4) is 17.1 Å². The molecule has 0 unspecified atom stereocenters. The molecule has 0 atom stereocenters. The van der Waals surface area contributed by atoms with Crippen LogP contribution in [-0.2, 0) is 0 Å². The quantitative estimate of drug-likeness (QED) is 0.400.